The molecule has 5 nitrogen and oxygen atoms in total. The number of amides is 1. The second-order valence-corrected chi connectivity index (χ2v) is 8.10. The molecule has 1 fully saturated rings. The van der Waals surface area contributed by atoms with Gasteiger partial charge in [0.15, 0.2) is 5.78 Å². The third-order valence-electron chi connectivity index (χ3n) is 6.17. The number of carbonyl (C=O) groups is 2. The van der Waals surface area contributed by atoms with E-state index in [0.29, 0.717) is 30.7 Å². The van der Waals surface area contributed by atoms with Gasteiger partial charge in [0.1, 0.15) is 5.54 Å². The Labute approximate surface area is 171 Å². The summed E-state index contributed by atoms with van der Waals surface area (Å²) >= 11 is 6.48. The van der Waals surface area contributed by atoms with Crippen molar-refractivity contribution in [3.8, 4) is 0 Å². The smallest absolute Gasteiger partial charge is 0.223 e. The number of benzene rings is 1. The molecule has 150 valence electrons. The summed E-state index contributed by atoms with van der Waals surface area (Å²) in [4.78, 5) is 28.0. The van der Waals surface area contributed by atoms with Crippen molar-refractivity contribution in [3.63, 3.8) is 0 Å². The van der Waals surface area contributed by atoms with Crippen molar-refractivity contribution in [1.29, 1.82) is 0 Å². The van der Waals surface area contributed by atoms with E-state index in [0.717, 1.165) is 35.4 Å². The van der Waals surface area contributed by atoms with Gasteiger partial charge in [-0.05, 0) is 51.2 Å². The molecule has 1 saturated carbocycles. The van der Waals surface area contributed by atoms with E-state index in [4.69, 9.17) is 11.6 Å². The van der Waals surface area contributed by atoms with E-state index in [9.17, 15) is 9.59 Å². The molecule has 1 aliphatic rings. The van der Waals surface area contributed by atoms with E-state index in [2.05, 4.69) is 5.10 Å². The topological polar surface area (TPSA) is 55.2 Å². The van der Waals surface area contributed by atoms with Crippen molar-refractivity contribution < 1.29 is 9.59 Å². The molecule has 1 heterocycles. The highest BCUT2D eigenvalue weighted by atomic mass is 35.5. The predicted octanol–water partition coefficient (Wildman–Crippen LogP) is 4.12. The number of hydrogen-bond acceptors (Lipinski definition) is 3. The van der Waals surface area contributed by atoms with Gasteiger partial charge in [-0.3, -0.25) is 14.3 Å². The van der Waals surface area contributed by atoms with Crippen LogP contribution in [0.25, 0.3) is 0 Å². The molecule has 0 radical (unpaired) electrons. The maximum atomic E-state index is 13.2. The van der Waals surface area contributed by atoms with Crippen molar-refractivity contribution in [1.82, 2.24) is 14.7 Å². The molecule has 0 N–H and O–H groups in total. The first kappa shape index (κ1) is 20.6. The second-order valence-electron chi connectivity index (χ2n) is 7.70. The van der Waals surface area contributed by atoms with Crippen LogP contribution in [-0.2, 0) is 28.6 Å². The van der Waals surface area contributed by atoms with Gasteiger partial charge in [-0.15, -0.1) is 0 Å². The third-order valence-corrected chi connectivity index (χ3v) is 6.50. The van der Waals surface area contributed by atoms with Gasteiger partial charge in [-0.25, -0.2) is 0 Å². The first-order chi connectivity index (χ1) is 13.3. The minimum absolute atomic E-state index is 0.0437. The number of aryl methyl sites for hydroxylation is 2. The van der Waals surface area contributed by atoms with Crippen LogP contribution in [0.15, 0.2) is 24.3 Å². The minimum Gasteiger partial charge on any atom is -0.329 e. The monoisotopic (exact) mass is 401 g/mol. The Hall–Kier alpha value is -2.14. The first-order valence-corrected chi connectivity index (χ1v) is 10.2. The Morgan fingerprint density at radius 2 is 2.00 bits per heavy atom. The number of ketones is 1. The molecule has 1 aromatic carbocycles. The molecular formula is C22H28ClN3O2. The standard InChI is InChI=1S/C22H28ClN3O2/c1-15-17(16(2)26(4)24-15)12-13-21(28)25(3)22(14-8-7-11-20(22)27)18-9-5-6-10-19(18)23/h5-6,9-10H,7-8,11-14H2,1-4H3. The summed E-state index contributed by atoms with van der Waals surface area (Å²) in [5.41, 5.74) is 2.90. The zero-order chi connectivity index (χ0) is 20.5. The fraction of sp³-hybridized carbons (Fsp3) is 0.500. The Morgan fingerprint density at radius 1 is 1.29 bits per heavy atom. The van der Waals surface area contributed by atoms with E-state index in [1.54, 1.807) is 18.0 Å². The van der Waals surface area contributed by atoms with Gasteiger partial charge in [-0.1, -0.05) is 29.8 Å². The molecule has 2 aromatic rings. The fourth-order valence-electron chi connectivity index (χ4n) is 4.42. The normalized spacial score (nSPS) is 19.7. The van der Waals surface area contributed by atoms with Crippen LogP contribution in [0.1, 0.15) is 54.6 Å². The molecule has 0 bridgehead atoms. The van der Waals surface area contributed by atoms with Gasteiger partial charge in [0.25, 0.3) is 0 Å². The van der Waals surface area contributed by atoms with Gasteiger partial charge in [0, 0.05) is 43.2 Å². The number of halogens is 1. The quantitative estimate of drug-likeness (QED) is 0.757. The van der Waals surface area contributed by atoms with Crippen molar-refractivity contribution in [2.75, 3.05) is 7.05 Å². The summed E-state index contributed by atoms with van der Waals surface area (Å²) in [6.45, 7) is 3.98. The van der Waals surface area contributed by atoms with Crippen molar-refractivity contribution >= 4 is 23.3 Å². The SMILES string of the molecule is Cc1nn(C)c(C)c1CCC(=O)N(C)C1(c2ccccc2Cl)CCCCC1=O. The van der Waals surface area contributed by atoms with Gasteiger partial charge in [0.05, 0.1) is 5.69 Å². The molecule has 28 heavy (non-hydrogen) atoms. The van der Waals surface area contributed by atoms with Crippen molar-refractivity contribution in [2.45, 2.75) is 57.9 Å². The Balaban J connectivity index is 1.89. The number of rotatable bonds is 5. The number of carbonyl (C=O) groups excluding carboxylic acids is 2. The zero-order valence-corrected chi connectivity index (χ0v) is 17.8. The number of nitrogens with zero attached hydrogens (tertiary/aromatic N) is 3. The number of aromatic nitrogens is 2. The van der Waals surface area contributed by atoms with Gasteiger partial charge < -0.3 is 4.90 Å². The molecule has 1 atom stereocenters. The summed E-state index contributed by atoms with van der Waals surface area (Å²) in [6.07, 6.45) is 3.80. The summed E-state index contributed by atoms with van der Waals surface area (Å²) in [6, 6.07) is 7.40. The van der Waals surface area contributed by atoms with Crippen LogP contribution in [0, 0.1) is 13.8 Å². The molecule has 0 aliphatic heterocycles. The van der Waals surface area contributed by atoms with Gasteiger partial charge in [0.2, 0.25) is 5.91 Å². The molecule has 1 unspecified atom stereocenters. The van der Waals surface area contributed by atoms with Gasteiger partial charge in [-0.2, -0.15) is 5.10 Å². The van der Waals surface area contributed by atoms with Crippen LogP contribution in [0.4, 0.5) is 0 Å². The predicted molar refractivity (Wildman–Crippen MR) is 110 cm³/mol. The summed E-state index contributed by atoms with van der Waals surface area (Å²) in [5.74, 6) is 0.0364. The molecule has 6 heteroatoms. The lowest BCUT2D eigenvalue weighted by molar-refractivity contribution is -0.148. The average molecular weight is 402 g/mol. The highest BCUT2D eigenvalue weighted by molar-refractivity contribution is 6.31. The second kappa shape index (κ2) is 8.08. The maximum Gasteiger partial charge on any atom is 0.223 e. The lowest BCUT2D eigenvalue weighted by Crippen LogP contribution is -2.54. The number of hydrogen-bond donors (Lipinski definition) is 0. The average Bonchev–Trinajstić information content (AvgIpc) is 2.92. The minimum atomic E-state index is -0.966. The lowest BCUT2D eigenvalue weighted by atomic mass is 9.74. The van der Waals surface area contributed by atoms with E-state index in [1.807, 2.05) is 43.8 Å². The highest BCUT2D eigenvalue weighted by Crippen LogP contribution is 2.42. The lowest BCUT2D eigenvalue weighted by Gasteiger charge is -2.44. The Morgan fingerprint density at radius 3 is 2.61 bits per heavy atom. The third kappa shape index (κ3) is 3.48. The van der Waals surface area contributed by atoms with Crippen molar-refractivity contribution in [3.05, 3.63) is 51.8 Å². The van der Waals surface area contributed by atoms with Gasteiger partial charge >= 0.3 is 0 Å². The van der Waals surface area contributed by atoms with Crippen LogP contribution in [-0.4, -0.2) is 33.4 Å². The zero-order valence-electron chi connectivity index (χ0n) is 17.1. The fourth-order valence-corrected chi connectivity index (χ4v) is 4.71. The van der Waals surface area contributed by atoms with Crippen LogP contribution in [0.5, 0.6) is 0 Å². The first-order valence-electron chi connectivity index (χ1n) is 9.83. The van der Waals surface area contributed by atoms with E-state index >= 15 is 0 Å². The maximum absolute atomic E-state index is 13.2. The highest BCUT2D eigenvalue weighted by Gasteiger charge is 2.47. The van der Waals surface area contributed by atoms with E-state index in [1.165, 1.54) is 0 Å². The van der Waals surface area contributed by atoms with E-state index < -0.39 is 5.54 Å². The Kier molecular flexibility index (Phi) is 5.94. The molecular weight excluding hydrogens is 374 g/mol. The summed E-state index contributed by atoms with van der Waals surface area (Å²) in [7, 11) is 3.66. The number of Topliss-reactive ketones (excluding diaryl/α,β-unsaturated/α-hetero) is 1. The van der Waals surface area contributed by atoms with E-state index in [-0.39, 0.29) is 11.7 Å². The summed E-state index contributed by atoms with van der Waals surface area (Å²) < 4.78 is 1.84. The molecule has 0 spiro atoms. The van der Waals surface area contributed by atoms with Crippen LogP contribution < -0.4 is 0 Å². The summed E-state index contributed by atoms with van der Waals surface area (Å²) in [5, 5.41) is 4.97. The molecule has 3 rings (SSSR count). The van der Waals surface area contributed by atoms with Crippen LogP contribution >= 0.6 is 11.6 Å². The largest absolute Gasteiger partial charge is 0.329 e. The molecule has 1 aromatic heterocycles. The Bertz CT molecular complexity index is 905. The number of likely N-dealkylation sites (N-methyl/N-ethyl adjacent to an activating group) is 1. The van der Waals surface area contributed by atoms with Crippen LogP contribution in [0.3, 0.4) is 0 Å². The molecule has 1 aliphatic carbocycles. The molecule has 0 saturated heterocycles. The van der Waals surface area contributed by atoms with Crippen molar-refractivity contribution in [2.24, 2.45) is 7.05 Å². The van der Waals surface area contributed by atoms with Crippen LogP contribution in [0.2, 0.25) is 5.02 Å². The molecule has 1 amide bonds.